The molecule has 0 atom stereocenters. The van der Waals surface area contributed by atoms with Gasteiger partial charge in [-0.25, -0.2) is 0 Å². The summed E-state index contributed by atoms with van der Waals surface area (Å²) >= 11 is 0. The van der Waals surface area contributed by atoms with Gasteiger partial charge in [0.2, 0.25) is 0 Å². The zero-order valence-corrected chi connectivity index (χ0v) is 11.0. The zero-order valence-electron chi connectivity index (χ0n) is 11.0. The van der Waals surface area contributed by atoms with Crippen LogP contribution in [0.4, 0.5) is 11.4 Å². The summed E-state index contributed by atoms with van der Waals surface area (Å²) in [7, 11) is 0. The Morgan fingerprint density at radius 1 is 1.39 bits per heavy atom. The Bertz CT molecular complexity index is 425. The number of benzene rings is 1. The van der Waals surface area contributed by atoms with Crippen LogP contribution in [0.5, 0.6) is 0 Å². The lowest BCUT2D eigenvalue weighted by atomic mass is 9.83. The molecule has 0 radical (unpaired) electrons. The van der Waals surface area contributed by atoms with E-state index in [-0.39, 0.29) is 12.0 Å². The fraction of sp³-hybridized carbons (Fsp3) is 0.500. The van der Waals surface area contributed by atoms with Crippen molar-refractivity contribution < 1.29 is 5.11 Å². The molecule has 0 amide bonds. The molecule has 0 spiro atoms. The number of aliphatic hydroxyl groups excluding tert-OH is 1. The second kappa shape index (κ2) is 6.27. The Labute approximate surface area is 108 Å². The third-order valence-corrected chi connectivity index (χ3v) is 3.67. The van der Waals surface area contributed by atoms with Gasteiger partial charge in [-0.3, -0.25) is 0 Å². The Balaban J connectivity index is 2.75. The van der Waals surface area contributed by atoms with Crippen LogP contribution in [0.1, 0.15) is 32.3 Å². The van der Waals surface area contributed by atoms with E-state index in [1.54, 1.807) is 12.1 Å². The number of anilines is 2. The molecule has 0 aliphatic heterocycles. The van der Waals surface area contributed by atoms with E-state index >= 15 is 0 Å². The molecule has 4 nitrogen and oxygen atoms in total. The van der Waals surface area contributed by atoms with Gasteiger partial charge < -0.3 is 16.2 Å². The lowest BCUT2D eigenvalue weighted by Gasteiger charge is -2.30. The molecule has 0 unspecified atom stereocenters. The minimum atomic E-state index is -0.0946. The highest BCUT2D eigenvalue weighted by Crippen LogP contribution is 2.26. The van der Waals surface area contributed by atoms with Crippen molar-refractivity contribution >= 4 is 11.4 Å². The van der Waals surface area contributed by atoms with Gasteiger partial charge in [0.25, 0.3) is 0 Å². The summed E-state index contributed by atoms with van der Waals surface area (Å²) in [6, 6.07) is 7.33. The average molecular weight is 247 g/mol. The number of rotatable bonds is 6. The Morgan fingerprint density at radius 2 is 2.06 bits per heavy atom. The first-order chi connectivity index (χ1) is 8.60. The number of aliphatic hydroxyl groups is 1. The Kier molecular flexibility index (Phi) is 4.99. The molecule has 0 saturated carbocycles. The summed E-state index contributed by atoms with van der Waals surface area (Å²) in [5.74, 6) is 0. The van der Waals surface area contributed by atoms with Crippen molar-refractivity contribution in [1.82, 2.24) is 0 Å². The van der Waals surface area contributed by atoms with E-state index in [1.165, 1.54) is 0 Å². The van der Waals surface area contributed by atoms with Crippen LogP contribution in [-0.4, -0.2) is 18.3 Å². The van der Waals surface area contributed by atoms with Crippen molar-refractivity contribution in [2.24, 2.45) is 5.41 Å². The highest BCUT2D eigenvalue weighted by atomic mass is 16.3. The number of hydrogen-bond acceptors (Lipinski definition) is 4. The maximum absolute atomic E-state index is 9.48. The summed E-state index contributed by atoms with van der Waals surface area (Å²) in [5.41, 5.74) is 7.51. The summed E-state index contributed by atoms with van der Waals surface area (Å²) in [6.45, 7) is 5.02. The fourth-order valence-electron chi connectivity index (χ4n) is 1.84. The minimum Gasteiger partial charge on any atom is -0.398 e. The number of nitriles is 1. The van der Waals surface area contributed by atoms with Gasteiger partial charge in [-0.1, -0.05) is 13.8 Å². The second-order valence-corrected chi connectivity index (χ2v) is 4.63. The molecule has 0 saturated heterocycles. The van der Waals surface area contributed by atoms with Crippen LogP contribution < -0.4 is 11.1 Å². The van der Waals surface area contributed by atoms with Gasteiger partial charge in [-0.2, -0.15) is 5.26 Å². The minimum absolute atomic E-state index is 0.0946. The number of nitrogens with zero attached hydrogens (tertiary/aromatic N) is 1. The third kappa shape index (κ3) is 3.14. The number of nitrogens with two attached hydrogens (primary N) is 1. The molecule has 18 heavy (non-hydrogen) atoms. The fourth-order valence-corrected chi connectivity index (χ4v) is 1.84. The smallest absolute Gasteiger partial charge is 0.101 e. The highest BCUT2D eigenvalue weighted by molar-refractivity contribution is 5.62. The van der Waals surface area contributed by atoms with E-state index in [0.717, 1.165) is 18.5 Å². The summed E-state index contributed by atoms with van der Waals surface area (Å²) in [4.78, 5) is 0. The average Bonchev–Trinajstić information content (AvgIpc) is 2.41. The van der Waals surface area contributed by atoms with Crippen molar-refractivity contribution in [3.05, 3.63) is 23.8 Å². The van der Waals surface area contributed by atoms with Gasteiger partial charge in [0.15, 0.2) is 0 Å². The topological polar surface area (TPSA) is 82.1 Å². The molecule has 0 fully saturated rings. The highest BCUT2D eigenvalue weighted by Gasteiger charge is 2.24. The largest absolute Gasteiger partial charge is 0.398 e. The van der Waals surface area contributed by atoms with Gasteiger partial charge in [0.05, 0.1) is 17.9 Å². The van der Waals surface area contributed by atoms with Gasteiger partial charge in [0.1, 0.15) is 6.07 Å². The van der Waals surface area contributed by atoms with Gasteiger partial charge >= 0.3 is 0 Å². The van der Waals surface area contributed by atoms with Crippen LogP contribution >= 0.6 is 0 Å². The molecule has 1 aromatic rings. The molecule has 1 rings (SSSR count). The maximum atomic E-state index is 9.48. The SMILES string of the molecule is CCC(CC)(CO)CNc1ccc(C#N)c(N)c1. The summed E-state index contributed by atoms with van der Waals surface area (Å²) in [6.07, 6.45) is 1.83. The molecule has 0 aromatic heterocycles. The molecular formula is C14H21N3O. The predicted octanol–water partition coefficient (Wildman–Crippen LogP) is 2.35. The first-order valence-corrected chi connectivity index (χ1v) is 6.25. The molecule has 0 heterocycles. The van der Waals surface area contributed by atoms with Crippen molar-refractivity contribution in [3.63, 3.8) is 0 Å². The normalized spacial score (nSPS) is 11.0. The van der Waals surface area contributed by atoms with Crippen molar-refractivity contribution in [2.75, 3.05) is 24.2 Å². The standard InChI is InChI=1S/C14H21N3O/c1-3-14(4-2,10-18)9-17-12-6-5-11(8-15)13(16)7-12/h5-7,17-18H,3-4,9-10,16H2,1-2H3. The van der Waals surface area contributed by atoms with E-state index in [9.17, 15) is 5.11 Å². The van der Waals surface area contributed by atoms with Crippen molar-refractivity contribution in [2.45, 2.75) is 26.7 Å². The quantitative estimate of drug-likeness (QED) is 0.674. The first kappa shape index (κ1) is 14.3. The molecule has 1 aromatic carbocycles. The van der Waals surface area contributed by atoms with Crippen LogP contribution in [0.25, 0.3) is 0 Å². The molecule has 98 valence electrons. The van der Waals surface area contributed by atoms with Gasteiger partial charge in [0, 0.05) is 17.6 Å². The molecule has 4 N–H and O–H groups in total. The van der Waals surface area contributed by atoms with Gasteiger partial charge in [-0.05, 0) is 31.0 Å². The lowest BCUT2D eigenvalue weighted by Crippen LogP contribution is -2.32. The third-order valence-electron chi connectivity index (χ3n) is 3.67. The summed E-state index contributed by atoms with van der Waals surface area (Å²) in [5, 5.41) is 21.6. The van der Waals surface area contributed by atoms with E-state index in [2.05, 4.69) is 19.2 Å². The number of nitrogens with one attached hydrogen (secondary N) is 1. The molecule has 4 heteroatoms. The number of nitrogen functional groups attached to an aromatic ring is 1. The lowest BCUT2D eigenvalue weighted by molar-refractivity contribution is 0.127. The van der Waals surface area contributed by atoms with Crippen LogP contribution in [0.3, 0.4) is 0 Å². The maximum Gasteiger partial charge on any atom is 0.101 e. The summed E-state index contributed by atoms with van der Waals surface area (Å²) < 4.78 is 0. The van der Waals surface area contributed by atoms with Crippen molar-refractivity contribution in [1.29, 1.82) is 5.26 Å². The second-order valence-electron chi connectivity index (χ2n) is 4.63. The van der Waals surface area contributed by atoms with Crippen LogP contribution in [0.15, 0.2) is 18.2 Å². The van der Waals surface area contributed by atoms with Crippen molar-refractivity contribution in [3.8, 4) is 6.07 Å². The van der Waals surface area contributed by atoms with Crippen LogP contribution in [0, 0.1) is 16.7 Å². The van der Waals surface area contributed by atoms with E-state index in [1.807, 2.05) is 12.1 Å². The first-order valence-electron chi connectivity index (χ1n) is 6.25. The molecular weight excluding hydrogens is 226 g/mol. The molecule has 0 bridgehead atoms. The van der Waals surface area contributed by atoms with E-state index in [4.69, 9.17) is 11.0 Å². The van der Waals surface area contributed by atoms with Crippen LogP contribution in [-0.2, 0) is 0 Å². The van der Waals surface area contributed by atoms with Gasteiger partial charge in [-0.15, -0.1) is 0 Å². The van der Waals surface area contributed by atoms with Crippen LogP contribution in [0.2, 0.25) is 0 Å². The number of hydrogen-bond donors (Lipinski definition) is 3. The van der Waals surface area contributed by atoms with E-state index in [0.29, 0.717) is 17.8 Å². The molecule has 0 aliphatic rings. The predicted molar refractivity (Wildman–Crippen MR) is 74.2 cm³/mol. The van der Waals surface area contributed by atoms with E-state index < -0.39 is 0 Å². The molecule has 0 aliphatic carbocycles. The Morgan fingerprint density at radius 3 is 2.50 bits per heavy atom. The Hall–Kier alpha value is -1.73. The monoisotopic (exact) mass is 247 g/mol. The zero-order chi connectivity index (χ0) is 13.6.